The van der Waals surface area contributed by atoms with Gasteiger partial charge in [-0.05, 0) is 31.1 Å². The zero-order valence-corrected chi connectivity index (χ0v) is 11.2. The average Bonchev–Trinajstić information content (AvgIpc) is 2.95. The Hall–Kier alpha value is -0.0800. The number of hydrogen-bond donors (Lipinski definition) is 1. The first-order valence-corrected chi connectivity index (χ1v) is 7.22. The molecule has 0 radical (unpaired) electrons. The molecule has 2 rings (SSSR count). The fourth-order valence-corrected chi connectivity index (χ4v) is 3.05. The van der Waals surface area contributed by atoms with Gasteiger partial charge in [0.15, 0.2) is 0 Å². The lowest BCUT2D eigenvalue weighted by molar-refractivity contribution is 0.116. The van der Waals surface area contributed by atoms with Crippen molar-refractivity contribution in [2.45, 2.75) is 58.5 Å². The third-order valence-corrected chi connectivity index (χ3v) is 4.47. The number of piperazine rings is 1. The van der Waals surface area contributed by atoms with Crippen LogP contribution in [-0.4, -0.2) is 36.6 Å². The van der Waals surface area contributed by atoms with Crippen LogP contribution in [0.4, 0.5) is 0 Å². The Balaban J connectivity index is 1.83. The van der Waals surface area contributed by atoms with Crippen LogP contribution >= 0.6 is 0 Å². The third-order valence-electron chi connectivity index (χ3n) is 4.47. The summed E-state index contributed by atoms with van der Waals surface area (Å²) in [7, 11) is 0. The lowest BCUT2D eigenvalue weighted by Crippen LogP contribution is -2.56. The number of rotatable bonds is 5. The van der Waals surface area contributed by atoms with Crippen LogP contribution in [0.2, 0.25) is 0 Å². The highest BCUT2D eigenvalue weighted by atomic mass is 15.2. The van der Waals surface area contributed by atoms with E-state index in [9.17, 15) is 0 Å². The van der Waals surface area contributed by atoms with Crippen LogP contribution in [0.15, 0.2) is 0 Å². The second-order valence-corrected chi connectivity index (χ2v) is 5.88. The van der Waals surface area contributed by atoms with Gasteiger partial charge >= 0.3 is 0 Å². The van der Waals surface area contributed by atoms with Gasteiger partial charge in [0.25, 0.3) is 0 Å². The van der Waals surface area contributed by atoms with Crippen molar-refractivity contribution in [2.24, 2.45) is 11.8 Å². The zero-order valence-electron chi connectivity index (χ0n) is 11.2. The molecule has 4 unspecified atom stereocenters. The van der Waals surface area contributed by atoms with Gasteiger partial charge in [-0.1, -0.05) is 27.2 Å². The second kappa shape index (κ2) is 5.50. The molecule has 0 aromatic carbocycles. The fraction of sp³-hybridized carbons (Fsp3) is 1.00. The molecule has 94 valence electrons. The van der Waals surface area contributed by atoms with Crippen molar-refractivity contribution in [1.29, 1.82) is 0 Å². The lowest BCUT2D eigenvalue weighted by atomic mass is 10.0. The Kier molecular flexibility index (Phi) is 4.26. The smallest absolute Gasteiger partial charge is 0.0218 e. The maximum atomic E-state index is 3.71. The maximum absolute atomic E-state index is 3.71. The van der Waals surface area contributed by atoms with Crippen LogP contribution < -0.4 is 5.32 Å². The van der Waals surface area contributed by atoms with Crippen molar-refractivity contribution in [3.63, 3.8) is 0 Å². The Bertz CT molecular complexity index is 217. The molecule has 2 heteroatoms. The summed E-state index contributed by atoms with van der Waals surface area (Å²) in [5, 5.41) is 3.71. The molecule has 1 heterocycles. The van der Waals surface area contributed by atoms with Gasteiger partial charge in [-0.15, -0.1) is 0 Å². The fourth-order valence-electron chi connectivity index (χ4n) is 3.05. The molecule has 2 nitrogen and oxygen atoms in total. The molecule has 0 spiro atoms. The Labute approximate surface area is 101 Å². The molecular formula is C14H28N2. The number of nitrogens with one attached hydrogen (secondary N) is 1. The van der Waals surface area contributed by atoms with E-state index in [2.05, 4.69) is 31.0 Å². The predicted octanol–water partition coefficient (Wildman–Crippen LogP) is 2.49. The second-order valence-electron chi connectivity index (χ2n) is 5.88. The van der Waals surface area contributed by atoms with E-state index in [-0.39, 0.29) is 0 Å². The van der Waals surface area contributed by atoms with E-state index in [1.54, 1.807) is 0 Å². The first-order chi connectivity index (χ1) is 7.74. The van der Waals surface area contributed by atoms with E-state index in [0.29, 0.717) is 0 Å². The van der Waals surface area contributed by atoms with Crippen molar-refractivity contribution in [2.75, 3.05) is 19.6 Å². The molecule has 0 aromatic rings. The molecule has 1 aliphatic heterocycles. The molecule has 1 saturated carbocycles. The quantitative estimate of drug-likeness (QED) is 0.772. The Morgan fingerprint density at radius 2 is 2.06 bits per heavy atom. The standard InChI is InChI=1S/C14H28N2/c1-4-6-13-10-16(9-12-7-11(12)3)14(5-2)8-15-13/h11-15H,4-10H2,1-3H3. The SMILES string of the molecule is CCCC1CN(CC2CC2C)C(CC)CN1. The van der Waals surface area contributed by atoms with Crippen molar-refractivity contribution in [3.05, 3.63) is 0 Å². The predicted molar refractivity (Wildman–Crippen MR) is 69.6 cm³/mol. The molecule has 0 amide bonds. The summed E-state index contributed by atoms with van der Waals surface area (Å²) in [6, 6.07) is 1.54. The van der Waals surface area contributed by atoms with Crippen LogP contribution in [0, 0.1) is 11.8 Å². The first-order valence-electron chi connectivity index (χ1n) is 7.22. The van der Waals surface area contributed by atoms with Gasteiger partial charge in [0.2, 0.25) is 0 Å². The molecule has 16 heavy (non-hydrogen) atoms. The molecule has 0 bridgehead atoms. The minimum atomic E-state index is 0.752. The molecule has 1 aliphatic carbocycles. The molecule has 4 atom stereocenters. The monoisotopic (exact) mass is 224 g/mol. The minimum absolute atomic E-state index is 0.752. The molecular weight excluding hydrogens is 196 g/mol. The Morgan fingerprint density at radius 3 is 2.62 bits per heavy atom. The van der Waals surface area contributed by atoms with Gasteiger partial charge in [0, 0.05) is 31.7 Å². The van der Waals surface area contributed by atoms with Gasteiger partial charge in [-0.3, -0.25) is 4.90 Å². The van der Waals surface area contributed by atoms with E-state index in [1.807, 2.05) is 0 Å². The van der Waals surface area contributed by atoms with Crippen LogP contribution in [-0.2, 0) is 0 Å². The largest absolute Gasteiger partial charge is 0.311 e. The van der Waals surface area contributed by atoms with Crippen molar-refractivity contribution < 1.29 is 0 Å². The summed E-state index contributed by atoms with van der Waals surface area (Å²) >= 11 is 0. The van der Waals surface area contributed by atoms with Crippen molar-refractivity contribution in [1.82, 2.24) is 10.2 Å². The van der Waals surface area contributed by atoms with Crippen molar-refractivity contribution >= 4 is 0 Å². The molecule has 1 N–H and O–H groups in total. The lowest BCUT2D eigenvalue weighted by Gasteiger charge is -2.40. The maximum Gasteiger partial charge on any atom is 0.0218 e. The number of hydrogen-bond acceptors (Lipinski definition) is 2. The van der Waals surface area contributed by atoms with Crippen molar-refractivity contribution in [3.8, 4) is 0 Å². The minimum Gasteiger partial charge on any atom is -0.311 e. The molecule has 0 aromatic heterocycles. The number of nitrogens with zero attached hydrogens (tertiary/aromatic N) is 1. The summed E-state index contributed by atoms with van der Waals surface area (Å²) in [5.74, 6) is 2.01. The van der Waals surface area contributed by atoms with E-state index < -0.39 is 0 Å². The summed E-state index contributed by atoms with van der Waals surface area (Å²) < 4.78 is 0. The summed E-state index contributed by atoms with van der Waals surface area (Å²) in [4.78, 5) is 2.77. The van der Waals surface area contributed by atoms with Crippen LogP contribution in [0.3, 0.4) is 0 Å². The van der Waals surface area contributed by atoms with Gasteiger partial charge in [-0.25, -0.2) is 0 Å². The van der Waals surface area contributed by atoms with E-state index in [0.717, 1.165) is 23.9 Å². The Morgan fingerprint density at radius 1 is 1.31 bits per heavy atom. The normalized spacial score (nSPS) is 39.9. The van der Waals surface area contributed by atoms with E-state index in [1.165, 1.54) is 45.3 Å². The first kappa shape index (κ1) is 12.4. The average molecular weight is 224 g/mol. The zero-order chi connectivity index (χ0) is 11.5. The highest BCUT2D eigenvalue weighted by molar-refractivity contribution is 4.91. The topological polar surface area (TPSA) is 15.3 Å². The molecule has 2 fully saturated rings. The van der Waals surface area contributed by atoms with Gasteiger partial charge in [0.1, 0.15) is 0 Å². The van der Waals surface area contributed by atoms with Crippen LogP contribution in [0.1, 0.15) is 46.5 Å². The highest BCUT2D eigenvalue weighted by Crippen LogP contribution is 2.38. The van der Waals surface area contributed by atoms with Gasteiger partial charge < -0.3 is 5.32 Å². The highest BCUT2D eigenvalue weighted by Gasteiger charge is 2.36. The van der Waals surface area contributed by atoms with E-state index >= 15 is 0 Å². The molecule has 2 aliphatic rings. The van der Waals surface area contributed by atoms with Crippen LogP contribution in [0.25, 0.3) is 0 Å². The van der Waals surface area contributed by atoms with Gasteiger partial charge in [0.05, 0.1) is 0 Å². The van der Waals surface area contributed by atoms with E-state index in [4.69, 9.17) is 0 Å². The summed E-state index contributed by atoms with van der Waals surface area (Å²) in [6.45, 7) is 10.9. The summed E-state index contributed by atoms with van der Waals surface area (Å²) in [6.07, 6.45) is 5.42. The van der Waals surface area contributed by atoms with Crippen LogP contribution in [0.5, 0.6) is 0 Å². The molecule has 1 saturated heterocycles. The summed E-state index contributed by atoms with van der Waals surface area (Å²) in [5.41, 5.74) is 0. The third kappa shape index (κ3) is 2.98. The van der Waals surface area contributed by atoms with Gasteiger partial charge in [-0.2, -0.15) is 0 Å².